The number of rotatable bonds is 3. The van der Waals surface area contributed by atoms with Crippen molar-refractivity contribution in [2.45, 2.75) is 51.0 Å². The molecule has 1 atom stereocenters. The number of benzene rings is 1. The van der Waals surface area contributed by atoms with Gasteiger partial charge in [-0.25, -0.2) is 9.18 Å². The molecule has 0 spiro atoms. The number of anilines is 1. The maximum absolute atomic E-state index is 13.7. The van der Waals surface area contributed by atoms with Gasteiger partial charge in [-0.15, -0.1) is 0 Å². The van der Waals surface area contributed by atoms with E-state index in [2.05, 4.69) is 10.6 Å². The Morgan fingerprint density at radius 1 is 1.04 bits per heavy atom. The molecule has 2 fully saturated rings. The Morgan fingerprint density at radius 3 is 2.56 bits per heavy atom. The van der Waals surface area contributed by atoms with Gasteiger partial charge in [0, 0.05) is 19.1 Å². The van der Waals surface area contributed by atoms with Gasteiger partial charge in [0.25, 0.3) is 0 Å². The number of piperidine rings is 1. The maximum Gasteiger partial charge on any atom is 0.321 e. The number of hydrogen-bond acceptors (Lipinski definition) is 2. The van der Waals surface area contributed by atoms with Crippen molar-refractivity contribution in [1.29, 1.82) is 0 Å². The summed E-state index contributed by atoms with van der Waals surface area (Å²) in [5, 5.41) is 5.75. The lowest BCUT2D eigenvalue weighted by Gasteiger charge is -2.33. The van der Waals surface area contributed by atoms with Crippen LogP contribution in [0.25, 0.3) is 0 Å². The van der Waals surface area contributed by atoms with Crippen molar-refractivity contribution in [3.05, 3.63) is 30.1 Å². The predicted octanol–water partition coefficient (Wildman–Crippen LogP) is 3.52. The van der Waals surface area contributed by atoms with E-state index >= 15 is 0 Å². The molecular formula is C19H26FN3O2. The van der Waals surface area contributed by atoms with Crippen molar-refractivity contribution in [3.63, 3.8) is 0 Å². The molecule has 25 heavy (non-hydrogen) atoms. The van der Waals surface area contributed by atoms with Gasteiger partial charge in [0.15, 0.2) is 0 Å². The summed E-state index contributed by atoms with van der Waals surface area (Å²) in [5.41, 5.74) is 0.168. The van der Waals surface area contributed by atoms with Crippen molar-refractivity contribution in [2.24, 2.45) is 5.92 Å². The van der Waals surface area contributed by atoms with Crippen molar-refractivity contribution in [1.82, 2.24) is 10.2 Å². The Balaban J connectivity index is 1.54. The van der Waals surface area contributed by atoms with Crippen LogP contribution in [0.1, 0.15) is 44.9 Å². The lowest BCUT2D eigenvalue weighted by atomic mass is 9.93. The van der Waals surface area contributed by atoms with E-state index in [9.17, 15) is 14.0 Å². The van der Waals surface area contributed by atoms with Gasteiger partial charge in [0.05, 0.1) is 11.6 Å². The number of nitrogens with zero attached hydrogens (tertiary/aromatic N) is 1. The number of carbonyl (C=O) groups excluding carboxylic acids is 2. The number of nitrogens with one attached hydrogen (secondary N) is 2. The molecule has 2 N–H and O–H groups in total. The summed E-state index contributed by atoms with van der Waals surface area (Å²) in [6, 6.07) is 6.04. The number of para-hydroxylation sites is 1. The van der Waals surface area contributed by atoms with Crippen LogP contribution in [0.3, 0.4) is 0 Å². The third kappa shape index (κ3) is 4.71. The summed E-state index contributed by atoms with van der Waals surface area (Å²) >= 11 is 0. The molecule has 2 aliphatic rings. The summed E-state index contributed by atoms with van der Waals surface area (Å²) in [6.45, 7) is 0.979. The van der Waals surface area contributed by atoms with Crippen LogP contribution in [0.2, 0.25) is 0 Å². The van der Waals surface area contributed by atoms with Crippen LogP contribution in [0.4, 0.5) is 14.9 Å². The fourth-order valence-corrected chi connectivity index (χ4v) is 3.70. The Morgan fingerprint density at radius 2 is 1.80 bits per heavy atom. The smallest absolute Gasteiger partial charge is 0.321 e. The Bertz CT molecular complexity index is 616. The molecule has 1 saturated carbocycles. The van der Waals surface area contributed by atoms with E-state index in [1.807, 2.05) is 0 Å². The molecule has 1 aliphatic heterocycles. The highest BCUT2D eigenvalue weighted by molar-refractivity contribution is 5.90. The number of carbonyl (C=O) groups is 2. The molecule has 3 amide bonds. The molecule has 0 radical (unpaired) electrons. The standard InChI is InChI=1S/C19H26FN3O2/c20-16-10-4-5-11-17(16)22-19(25)23-12-6-7-14(13-23)18(24)21-15-8-2-1-3-9-15/h4-5,10-11,14-15H,1-3,6-9,12-13H2,(H,21,24)(H,22,25)/t14-/m0/s1. The number of halogens is 1. The first-order chi connectivity index (χ1) is 12.1. The Kier molecular flexibility index (Phi) is 5.89. The van der Waals surface area contributed by atoms with Gasteiger partial charge >= 0.3 is 6.03 Å². The zero-order valence-electron chi connectivity index (χ0n) is 14.5. The first-order valence-electron chi connectivity index (χ1n) is 9.24. The fourth-order valence-electron chi connectivity index (χ4n) is 3.70. The second-order valence-electron chi connectivity index (χ2n) is 7.04. The quantitative estimate of drug-likeness (QED) is 0.879. The van der Waals surface area contributed by atoms with Gasteiger partial charge in [-0.1, -0.05) is 31.4 Å². The SMILES string of the molecule is O=C(NC1CCCCC1)[C@H]1CCCN(C(=O)Nc2ccccc2F)C1. The molecule has 1 aromatic rings. The first kappa shape index (κ1) is 17.7. The van der Waals surface area contributed by atoms with Gasteiger partial charge in [-0.3, -0.25) is 4.79 Å². The maximum atomic E-state index is 13.7. The number of amides is 3. The van der Waals surface area contributed by atoms with E-state index in [0.29, 0.717) is 13.1 Å². The van der Waals surface area contributed by atoms with Crippen LogP contribution >= 0.6 is 0 Å². The number of urea groups is 1. The second-order valence-corrected chi connectivity index (χ2v) is 7.04. The highest BCUT2D eigenvalue weighted by atomic mass is 19.1. The van der Waals surface area contributed by atoms with Crippen molar-refractivity contribution in [2.75, 3.05) is 18.4 Å². The molecule has 1 saturated heterocycles. The molecule has 6 heteroatoms. The third-order valence-corrected chi connectivity index (χ3v) is 5.15. The van der Waals surface area contributed by atoms with Gasteiger partial charge < -0.3 is 15.5 Å². The lowest BCUT2D eigenvalue weighted by molar-refractivity contribution is -0.127. The molecule has 1 aromatic carbocycles. The van der Waals surface area contributed by atoms with Gasteiger partial charge in [-0.05, 0) is 37.8 Å². The van der Waals surface area contributed by atoms with E-state index in [4.69, 9.17) is 0 Å². The largest absolute Gasteiger partial charge is 0.353 e. The van der Waals surface area contributed by atoms with E-state index in [0.717, 1.165) is 25.7 Å². The molecule has 1 heterocycles. The van der Waals surface area contributed by atoms with E-state index < -0.39 is 5.82 Å². The third-order valence-electron chi connectivity index (χ3n) is 5.15. The second kappa shape index (κ2) is 8.32. The molecule has 0 aromatic heterocycles. The average molecular weight is 347 g/mol. The molecule has 0 bridgehead atoms. The van der Waals surface area contributed by atoms with Crippen LogP contribution in [-0.2, 0) is 4.79 Å². The summed E-state index contributed by atoms with van der Waals surface area (Å²) in [5.74, 6) is -0.586. The average Bonchev–Trinajstić information content (AvgIpc) is 2.64. The molecule has 1 aliphatic carbocycles. The van der Waals surface area contributed by atoms with Crippen LogP contribution in [-0.4, -0.2) is 36.0 Å². The molecule has 136 valence electrons. The summed E-state index contributed by atoms with van der Waals surface area (Å²) in [7, 11) is 0. The van der Waals surface area contributed by atoms with Crippen LogP contribution in [0.5, 0.6) is 0 Å². The number of hydrogen-bond donors (Lipinski definition) is 2. The minimum Gasteiger partial charge on any atom is -0.353 e. The summed E-state index contributed by atoms with van der Waals surface area (Å²) in [4.78, 5) is 26.5. The van der Waals surface area contributed by atoms with Gasteiger partial charge in [0.2, 0.25) is 5.91 Å². The normalized spacial score (nSPS) is 21.6. The highest BCUT2D eigenvalue weighted by Gasteiger charge is 2.30. The van der Waals surface area contributed by atoms with Crippen LogP contribution in [0.15, 0.2) is 24.3 Å². The highest BCUT2D eigenvalue weighted by Crippen LogP contribution is 2.21. The minimum atomic E-state index is -0.459. The summed E-state index contributed by atoms with van der Waals surface area (Å²) in [6.07, 6.45) is 7.28. The molecule has 5 nitrogen and oxygen atoms in total. The zero-order chi connectivity index (χ0) is 17.6. The predicted molar refractivity (Wildman–Crippen MR) is 94.7 cm³/mol. The molecular weight excluding hydrogens is 321 g/mol. The van der Waals surface area contributed by atoms with E-state index in [-0.39, 0.29) is 29.6 Å². The zero-order valence-corrected chi connectivity index (χ0v) is 14.5. The fraction of sp³-hybridized carbons (Fsp3) is 0.579. The van der Waals surface area contributed by atoms with Gasteiger partial charge in [0.1, 0.15) is 5.82 Å². The van der Waals surface area contributed by atoms with E-state index in [1.54, 1.807) is 17.0 Å². The Hall–Kier alpha value is -2.11. The number of likely N-dealkylation sites (tertiary alicyclic amines) is 1. The molecule has 3 rings (SSSR count). The van der Waals surface area contributed by atoms with Crippen molar-refractivity contribution in [3.8, 4) is 0 Å². The van der Waals surface area contributed by atoms with Crippen molar-refractivity contribution < 1.29 is 14.0 Å². The molecule has 0 unspecified atom stereocenters. The topological polar surface area (TPSA) is 61.4 Å². The van der Waals surface area contributed by atoms with Crippen molar-refractivity contribution >= 4 is 17.6 Å². The van der Waals surface area contributed by atoms with Gasteiger partial charge in [-0.2, -0.15) is 0 Å². The van der Waals surface area contributed by atoms with Crippen LogP contribution in [0, 0.1) is 11.7 Å². The van der Waals surface area contributed by atoms with E-state index in [1.165, 1.54) is 31.4 Å². The monoisotopic (exact) mass is 347 g/mol. The minimum absolute atomic E-state index is 0.0512. The Labute approximate surface area is 148 Å². The lowest BCUT2D eigenvalue weighted by Crippen LogP contribution is -2.49. The first-order valence-corrected chi connectivity index (χ1v) is 9.24. The van der Waals surface area contributed by atoms with Crippen LogP contribution < -0.4 is 10.6 Å². The summed E-state index contributed by atoms with van der Waals surface area (Å²) < 4.78 is 13.7.